The minimum atomic E-state index is -0.0281. The number of hydrogen-bond acceptors (Lipinski definition) is 4. The number of nitrogens with one attached hydrogen (secondary N) is 2. The standard InChI is InChI=1S/C19H28N2O4/c1-24-13-3-12-20-18(22)14-4-6-15(7-5-14)19(23)21-16-8-10-17(25-2)11-9-16/h8-11,14-15H,3-7,12-13H2,1-2H3,(H,20,22)(H,21,23). The normalized spacial score (nSPS) is 19.9. The Morgan fingerprint density at radius 1 is 1.00 bits per heavy atom. The van der Waals surface area contributed by atoms with Gasteiger partial charge in [-0.3, -0.25) is 9.59 Å². The van der Waals surface area contributed by atoms with Crippen molar-refractivity contribution < 1.29 is 19.1 Å². The molecule has 0 atom stereocenters. The van der Waals surface area contributed by atoms with Gasteiger partial charge < -0.3 is 20.1 Å². The van der Waals surface area contributed by atoms with E-state index in [2.05, 4.69) is 10.6 Å². The van der Waals surface area contributed by atoms with Gasteiger partial charge >= 0.3 is 0 Å². The Balaban J connectivity index is 1.73. The van der Waals surface area contributed by atoms with Gasteiger partial charge in [-0.15, -0.1) is 0 Å². The van der Waals surface area contributed by atoms with Crippen LogP contribution >= 0.6 is 0 Å². The number of hydrogen-bond donors (Lipinski definition) is 2. The number of carbonyl (C=O) groups is 2. The van der Waals surface area contributed by atoms with Gasteiger partial charge in [0.15, 0.2) is 0 Å². The molecule has 6 nitrogen and oxygen atoms in total. The molecule has 0 aliphatic heterocycles. The largest absolute Gasteiger partial charge is 0.497 e. The summed E-state index contributed by atoms with van der Waals surface area (Å²) in [6.45, 7) is 1.29. The van der Waals surface area contributed by atoms with Crippen LogP contribution < -0.4 is 15.4 Å². The van der Waals surface area contributed by atoms with Crippen LogP contribution in [0.3, 0.4) is 0 Å². The van der Waals surface area contributed by atoms with Crippen LogP contribution in [-0.2, 0) is 14.3 Å². The third-order valence-corrected chi connectivity index (χ3v) is 4.65. The van der Waals surface area contributed by atoms with Crippen molar-refractivity contribution in [1.82, 2.24) is 5.32 Å². The van der Waals surface area contributed by atoms with Gasteiger partial charge in [0.25, 0.3) is 0 Å². The Kier molecular flexibility index (Phi) is 7.73. The van der Waals surface area contributed by atoms with Gasteiger partial charge in [0.2, 0.25) is 11.8 Å². The van der Waals surface area contributed by atoms with Crippen LogP contribution in [0, 0.1) is 11.8 Å². The van der Waals surface area contributed by atoms with Gasteiger partial charge in [-0.2, -0.15) is 0 Å². The minimum Gasteiger partial charge on any atom is -0.497 e. The summed E-state index contributed by atoms with van der Waals surface area (Å²) < 4.78 is 10.1. The number of carbonyl (C=O) groups excluding carboxylic acids is 2. The Morgan fingerprint density at radius 2 is 1.60 bits per heavy atom. The first-order valence-electron chi connectivity index (χ1n) is 8.85. The van der Waals surface area contributed by atoms with E-state index in [0.717, 1.165) is 43.5 Å². The fraction of sp³-hybridized carbons (Fsp3) is 0.579. The third kappa shape index (κ3) is 6.05. The lowest BCUT2D eigenvalue weighted by Crippen LogP contribution is -2.36. The molecule has 0 spiro atoms. The lowest BCUT2D eigenvalue weighted by Gasteiger charge is -2.27. The maximum absolute atomic E-state index is 12.4. The Morgan fingerprint density at radius 3 is 2.16 bits per heavy atom. The van der Waals surface area contributed by atoms with Crippen molar-refractivity contribution in [3.8, 4) is 5.75 Å². The summed E-state index contributed by atoms with van der Waals surface area (Å²) in [6.07, 6.45) is 3.84. The molecule has 2 N–H and O–H groups in total. The van der Waals surface area contributed by atoms with E-state index in [1.807, 2.05) is 24.3 Å². The first kappa shape index (κ1) is 19.2. The van der Waals surface area contributed by atoms with Gasteiger partial charge in [-0.05, 0) is 56.4 Å². The Labute approximate surface area is 149 Å². The van der Waals surface area contributed by atoms with Crippen LogP contribution in [0.1, 0.15) is 32.1 Å². The highest BCUT2D eigenvalue weighted by Gasteiger charge is 2.29. The van der Waals surface area contributed by atoms with E-state index < -0.39 is 0 Å². The molecular formula is C19H28N2O4. The predicted molar refractivity (Wildman–Crippen MR) is 96.6 cm³/mol. The highest BCUT2D eigenvalue weighted by molar-refractivity contribution is 5.92. The van der Waals surface area contributed by atoms with Crippen molar-refractivity contribution in [2.24, 2.45) is 11.8 Å². The number of anilines is 1. The first-order chi connectivity index (χ1) is 12.1. The zero-order chi connectivity index (χ0) is 18.1. The number of rotatable bonds is 8. The highest BCUT2D eigenvalue weighted by Crippen LogP contribution is 2.30. The zero-order valence-corrected chi connectivity index (χ0v) is 15.0. The number of amides is 2. The molecule has 1 aliphatic rings. The van der Waals surface area contributed by atoms with Crippen molar-refractivity contribution in [3.05, 3.63) is 24.3 Å². The Bertz CT molecular complexity index is 551. The van der Waals surface area contributed by atoms with Crippen LogP contribution in [0.15, 0.2) is 24.3 Å². The van der Waals surface area contributed by atoms with Crippen LogP contribution in [0.4, 0.5) is 5.69 Å². The molecule has 1 saturated carbocycles. The monoisotopic (exact) mass is 348 g/mol. The van der Waals surface area contributed by atoms with Gasteiger partial charge in [0.05, 0.1) is 7.11 Å². The van der Waals surface area contributed by atoms with Crippen LogP contribution in [0.2, 0.25) is 0 Å². The smallest absolute Gasteiger partial charge is 0.227 e. The second kappa shape index (κ2) is 10.0. The number of benzene rings is 1. The number of ether oxygens (including phenoxy) is 2. The first-order valence-corrected chi connectivity index (χ1v) is 8.85. The zero-order valence-electron chi connectivity index (χ0n) is 15.0. The lowest BCUT2D eigenvalue weighted by atomic mass is 9.81. The van der Waals surface area contributed by atoms with Crippen molar-refractivity contribution in [2.45, 2.75) is 32.1 Å². The summed E-state index contributed by atoms with van der Waals surface area (Å²) in [6, 6.07) is 7.30. The van der Waals surface area contributed by atoms with E-state index in [1.165, 1.54) is 0 Å². The van der Waals surface area contributed by atoms with E-state index in [0.29, 0.717) is 13.2 Å². The van der Waals surface area contributed by atoms with Crippen LogP contribution in [-0.4, -0.2) is 39.2 Å². The van der Waals surface area contributed by atoms with Gasteiger partial charge in [0, 0.05) is 37.8 Å². The van der Waals surface area contributed by atoms with Crippen molar-refractivity contribution >= 4 is 17.5 Å². The summed E-state index contributed by atoms with van der Waals surface area (Å²) in [7, 11) is 3.26. The predicted octanol–water partition coefficient (Wildman–Crippen LogP) is 2.59. The second-order valence-corrected chi connectivity index (χ2v) is 6.40. The molecule has 0 heterocycles. The molecule has 2 rings (SSSR count). The van der Waals surface area contributed by atoms with E-state index >= 15 is 0 Å². The van der Waals surface area contributed by atoms with Crippen molar-refractivity contribution in [2.75, 3.05) is 32.7 Å². The summed E-state index contributed by atoms with van der Waals surface area (Å²) in [5.74, 6) is 0.886. The molecule has 2 amide bonds. The van der Waals surface area contributed by atoms with Gasteiger partial charge in [0.1, 0.15) is 5.75 Å². The molecular weight excluding hydrogens is 320 g/mol. The van der Waals surface area contributed by atoms with E-state index in [9.17, 15) is 9.59 Å². The lowest BCUT2D eigenvalue weighted by molar-refractivity contribution is -0.128. The molecule has 0 aromatic heterocycles. The minimum absolute atomic E-state index is 0.0209. The summed E-state index contributed by atoms with van der Waals surface area (Å²) in [5, 5.41) is 5.90. The molecule has 0 radical (unpaired) electrons. The van der Waals surface area contributed by atoms with Crippen molar-refractivity contribution in [1.29, 1.82) is 0 Å². The highest BCUT2D eigenvalue weighted by atomic mass is 16.5. The molecule has 6 heteroatoms. The fourth-order valence-corrected chi connectivity index (χ4v) is 3.11. The molecule has 1 aromatic rings. The third-order valence-electron chi connectivity index (χ3n) is 4.65. The molecule has 138 valence electrons. The fourth-order valence-electron chi connectivity index (χ4n) is 3.11. The van der Waals surface area contributed by atoms with Crippen LogP contribution in [0.25, 0.3) is 0 Å². The number of methoxy groups -OCH3 is 2. The average molecular weight is 348 g/mol. The van der Waals surface area contributed by atoms with Gasteiger partial charge in [-0.1, -0.05) is 0 Å². The molecule has 0 bridgehead atoms. The average Bonchev–Trinajstić information content (AvgIpc) is 2.66. The molecule has 0 unspecified atom stereocenters. The maximum Gasteiger partial charge on any atom is 0.227 e. The van der Waals surface area contributed by atoms with Crippen LogP contribution in [0.5, 0.6) is 5.75 Å². The molecule has 1 aromatic carbocycles. The van der Waals surface area contributed by atoms with E-state index in [-0.39, 0.29) is 23.7 Å². The summed E-state index contributed by atoms with van der Waals surface area (Å²) in [5.41, 5.74) is 0.767. The molecule has 0 saturated heterocycles. The quantitative estimate of drug-likeness (QED) is 0.708. The van der Waals surface area contributed by atoms with E-state index in [4.69, 9.17) is 9.47 Å². The van der Waals surface area contributed by atoms with Crippen molar-refractivity contribution in [3.63, 3.8) is 0 Å². The second-order valence-electron chi connectivity index (χ2n) is 6.40. The summed E-state index contributed by atoms with van der Waals surface area (Å²) in [4.78, 5) is 24.5. The van der Waals surface area contributed by atoms with E-state index in [1.54, 1.807) is 14.2 Å². The molecule has 25 heavy (non-hydrogen) atoms. The molecule has 1 aliphatic carbocycles. The van der Waals surface area contributed by atoms with Gasteiger partial charge in [-0.25, -0.2) is 0 Å². The molecule has 1 fully saturated rings. The summed E-state index contributed by atoms with van der Waals surface area (Å²) >= 11 is 0. The topological polar surface area (TPSA) is 76.7 Å². The SMILES string of the molecule is COCCCNC(=O)C1CCC(C(=O)Nc2ccc(OC)cc2)CC1. The maximum atomic E-state index is 12.4. The Hall–Kier alpha value is -2.08.